The summed E-state index contributed by atoms with van der Waals surface area (Å²) in [5, 5.41) is 3.46. The van der Waals surface area contributed by atoms with Gasteiger partial charge in [0, 0.05) is 43.8 Å². The fourth-order valence-corrected chi connectivity index (χ4v) is 4.00. The minimum Gasteiger partial charge on any atom is -0.318 e. The lowest BCUT2D eigenvalue weighted by atomic mass is 9.79. The molecule has 0 spiro atoms. The van der Waals surface area contributed by atoms with Gasteiger partial charge in [-0.05, 0) is 40.7 Å². The van der Waals surface area contributed by atoms with Crippen LogP contribution in [-0.4, -0.2) is 60.6 Å². The van der Waals surface area contributed by atoms with Crippen molar-refractivity contribution in [2.75, 3.05) is 39.8 Å². The van der Waals surface area contributed by atoms with Crippen molar-refractivity contribution in [3.8, 4) is 0 Å². The van der Waals surface area contributed by atoms with Crippen LogP contribution in [0, 0.1) is 0 Å². The summed E-state index contributed by atoms with van der Waals surface area (Å²) in [6, 6.07) is 0. The molecule has 2 aliphatic rings. The van der Waals surface area contributed by atoms with E-state index in [1.54, 1.807) is 0 Å². The lowest BCUT2D eigenvalue weighted by Gasteiger charge is -2.52. The summed E-state index contributed by atoms with van der Waals surface area (Å²) >= 11 is 0. The van der Waals surface area contributed by atoms with Crippen LogP contribution in [0.1, 0.15) is 52.9 Å². The molecule has 0 aromatic carbocycles. The van der Waals surface area contributed by atoms with Crippen molar-refractivity contribution in [1.29, 1.82) is 0 Å². The summed E-state index contributed by atoms with van der Waals surface area (Å²) in [7, 11) is 2.11. The van der Waals surface area contributed by atoms with Crippen LogP contribution in [0.2, 0.25) is 0 Å². The van der Waals surface area contributed by atoms with Crippen molar-refractivity contribution in [1.82, 2.24) is 15.1 Å². The topological polar surface area (TPSA) is 18.5 Å². The van der Waals surface area contributed by atoms with Crippen LogP contribution in [0.5, 0.6) is 0 Å². The predicted octanol–water partition coefficient (Wildman–Crippen LogP) is 2.32. The number of likely N-dealkylation sites (N-methyl/N-ethyl adjacent to an activating group) is 1. The highest BCUT2D eigenvalue weighted by Crippen LogP contribution is 2.34. The molecule has 1 N–H and O–H groups in total. The first-order valence-electron chi connectivity index (χ1n) is 8.13. The molecule has 1 saturated heterocycles. The summed E-state index contributed by atoms with van der Waals surface area (Å²) in [5.41, 5.74) is 0.784. The molecule has 19 heavy (non-hydrogen) atoms. The second kappa shape index (κ2) is 6.11. The van der Waals surface area contributed by atoms with Gasteiger partial charge in [0.2, 0.25) is 0 Å². The van der Waals surface area contributed by atoms with Crippen molar-refractivity contribution in [3.63, 3.8) is 0 Å². The van der Waals surface area contributed by atoms with Gasteiger partial charge in [0.25, 0.3) is 0 Å². The van der Waals surface area contributed by atoms with Crippen LogP contribution in [-0.2, 0) is 0 Å². The summed E-state index contributed by atoms with van der Waals surface area (Å²) in [6.07, 6.45) is 7.06. The number of nitrogens with zero attached hydrogens (tertiary/aromatic N) is 2. The number of hydrogen-bond acceptors (Lipinski definition) is 3. The SMILES string of the molecule is CNCC1(N2CCN(C(C)(C)C)CC2)CCCCC1. The van der Waals surface area contributed by atoms with Gasteiger partial charge in [0.05, 0.1) is 0 Å². The first-order chi connectivity index (χ1) is 8.98. The maximum Gasteiger partial charge on any atom is 0.0334 e. The molecule has 1 aliphatic carbocycles. The van der Waals surface area contributed by atoms with Crippen molar-refractivity contribution in [2.45, 2.75) is 64.0 Å². The van der Waals surface area contributed by atoms with Crippen LogP contribution in [0.25, 0.3) is 0 Å². The molecule has 2 fully saturated rings. The maximum atomic E-state index is 3.46. The Labute approximate surface area is 119 Å². The zero-order valence-electron chi connectivity index (χ0n) is 13.5. The van der Waals surface area contributed by atoms with E-state index in [9.17, 15) is 0 Å². The lowest BCUT2D eigenvalue weighted by Crippen LogP contribution is -2.63. The van der Waals surface area contributed by atoms with Gasteiger partial charge in [-0.15, -0.1) is 0 Å². The van der Waals surface area contributed by atoms with E-state index in [2.05, 4.69) is 42.9 Å². The van der Waals surface area contributed by atoms with Gasteiger partial charge in [-0.1, -0.05) is 19.3 Å². The highest BCUT2D eigenvalue weighted by molar-refractivity contribution is 4.97. The standard InChI is InChI=1S/C16H33N3/c1-15(2,3)18-10-12-19(13-11-18)16(14-17-4)8-6-5-7-9-16/h17H,5-14H2,1-4H3. The molecule has 1 heterocycles. The van der Waals surface area contributed by atoms with E-state index in [-0.39, 0.29) is 0 Å². The minimum atomic E-state index is 0.328. The van der Waals surface area contributed by atoms with Crippen molar-refractivity contribution < 1.29 is 0 Å². The van der Waals surface area contributed by atoms with Crippen LogP contribution >= 0.6 is 0 Å². The van der Waals surface area contributed by atoms with Gasteiger partial charge in [-0.3, -0.25) is 9.80 Å². The molecule has 0 amide bonds. The summed E-state index contributed by atoms with van der Waals surface area (Å²) in [5.74, 6) is 0. The highest BCUT2D eigenvalue weighted by Gasteiger charge is 2.39. The van der Waals surface area contributed by atoms with Crippen molar-refractivity contribution in [2.24, 2.45) is 0 Å². The Morgan fingerprint density at radius 3 is 2.00 bits per heavy atom. The zero-order valence-corrected chi connectivity index (χ0v) is 13.5. The number of rotatable bonds is 3. The third-order valence-electron chi connectivity index (χ3n) is 5.19. The first-order valence-corrected chi connectivity index (χ1v) is 8.13. The molecular weight excluding hydrogens is 234 g/mol. The largest absolute Gasteiger partial charge is 0.318 e. The Morgan fingerprint density at radius 1 is 0.947 bits per heavy atom. The molecule has 2 rings (SSSR count). The third kappa shape index (κ3) is 3.50. The first kappa shape index (κ1) is 15.3. The van der Waals surface area contributed by atoms with E-state index in [1.807, 2.05) is 0 Å². The van der Waals surface area contributed by atoms with Crippen LogP contribution in [0.4, 0.5) is 0 Å². The highest BCUT2D eigenvalue weighted by atomic mass is 15.3. The minimum absolute atomic E-state index is 0.328. The van der Waals surface area contributed by atoms with E-state index in [0.717, 1.165) is 0 Å². The van der Waals surface area contributed by atoms with E-state index >= 15 is 0 Å². The lowest BCUT2D eigenvalue weighted by molar-refractivity contribution is -0.0150. The van der Waals surface area contributed by atoms with Gasteiger partial charge in [0.1, 0.15) is 0 Å². The monoisotopic (exact) mass is 267 g/mol. The molecule has 3 heteroatoms. The Balaban J connectivity index is 1.97. The Morgan fingerprint density at radius 2 is 1.53 bits per heavy atom. The molecule has 0 aromatic heterocycles. The van der Waals surface area contributed by atoms with Gasteiger partial charge in [-0.25, -0.2) is 0 Å². The van der Waals surface area contributed by atoms with E-state index < -0.39 is 0 Å². The fraction of sp³-hybridized carbons (Fsp3) is 1.00. The van der Waals surface area contributed by atoms with E-state index in [0.29, 0.717) is 11.1 Å². The van der Waals surface area contributed by atoms with Crippen molar-refractivity contribution in [3.05, 3.63) is 0 Å². The molecule has 0 atom stereocenters. The average Bonchev–Trinajstić information content (AvgIpc) is 2.39. The fourth-order valence-electron chi connectivity index (χ4n) is 4.00. The Bertz CT molecular complexity index is 263. The van der Waals surface area contributed by atoms with Gasteiger partial charge < -0.3 is 5.32 Å². The normalized spacial score (nSPS) is 26.5. The molecule has 3 nitrogen and oxygen atoms in total. The molecule has 0 aromatic rings. The zero-order chi connectivity index (χ0) is 13.9. The summed E-state index contributed by atoms with van der Waals surface area (Å²) in [4.78, 5) is 5.43. The molecule has 0 bridgehead atoms. The van der Waals surface area contributed by atoms with Crippen LogP contribution in [0.15, 0.2) is 0 Å². The van der Waals surface area contributed by atoms with E-state index in [1.165, 1.54) is 64.8 Å². The number of piperazine rings is 1. The van der Waals surface area contributed by atoms with Crippen molar-refractivity contribution >= 4 is 0 Å². The van der Waals surface area contributed by atoms with E-state index in [4.69, 9.17) is 0 Å². The molecule has 1 aliphatic heterocycles. The smallest absolute Gasteiger partial charge is 0.0334 e. The molecule has 0 unspecified atom stereocenters. The second-order valence-corrected chi connectivity index (χ2v) is 7.46. The van der Waals surface area contributed by atoms with Gasteiger partial charge in [-0.2, -0.15) is 0 Å². The van der Waals surface area contributed by atoms with Gasteiger partial charge >= 0.3 is 0 Å². The summed E-state index contributed by atoms with van der Waals surface area (Å²) < 4.78 is 0. The Hall–Kier alpha value is -0.120. The van der Waals surface area contributed by atoms with Gasteiger partial charge in [0.15, 0.2) is 0 Å². The number of nitrogens with one attached hydrogen (secondary N) is 1. The van der Waals surface area contributed by atoms with Crippen LogP contribution < -0.4 is 5.32 Å². The van der Waals surface area contributed by atoms with Crippen LogP contribution in [0.3, 0.4) is 0 Å². The quantitative estimate of drug-likeness (QED) is 0.846. The number of hydrogen-bond donors (Lipinski definition) is 1. The third-order valence-corrected chi connectivity index (χ3v) is 5.19. The second-order valence-electron chi connectivity index (χ2n) is 7.46. The summed E-state index contributed by atoms with van der Waals surface area (Å²) in [6.45, 7) is 13.1. The molecule has 112 valence electrons. The molecular formula is C16H33N3. The molecule has 0 radical (unpaired) electrons. The molecule has 1 saturated carbocycles. The average molecular weight is 267 g/mol. The maximum absolute atomic E-state index is 3.46. The predicted molar refractivity (Wildman–Crippen MR) is 82.6 cm³/mol. The Kier molecular flexibility index (Phi) is 4.91.